The summed E-state index contributed by atoms with van der Waals surface area (Å²) in [5.41, 5.74) is 0.306. The van der Waals surface area contributed by atoms with E-state index in [1.807, 2.05) is 0 Å². The van der Waals surface area contributed by atoms with Gasteiger partial charge in [0.15, 0.2) is 0 Å². The average molecular weight is 265 g/mol. The molecule has 0 aliphatic rings. The van der Waals surface area contributed by atoms with Crippen molar-refractivity contribution < 1.29 is 13.2 Å². The summed E-state index contributed by atoms with van der Waals surface area (Å²) in [5.74, 6) is -0.274. The monoisotopic (exact) mass is 265 g/mol. The number of hydrogen-bond acceptors (Lipinski definition) is 2. The van der Waals surface area contributed by atoms with Crippen LogP contribution in [0.15, 0.2) is 28.7 Å². The highest BCUT2D eigenvalue weighted by molar-refractivity contribution is 5.60. The lowest BCUT2D eigenvalue weighted by Crippen LogP contribution is -2.12. The van der Waals surface area contributed by atoms with Gasteiger partial charge in [-0.3, -0.25) is 0 Å². The van der Waals surface area contributed by atoms with Crippen molar-refractivity contribution in [3.05, 3.63) is 47.2 Å². The zero-order valence-electron chi connectivity index (χ0n) is 11.1. The molecule has 19 heavy (non-hydrogen) atoms. The fraction of sp³-hybridized carbons (Fsp3) is 0.333. The number of nitrogens with one attached hydrogen (secondary N) is 1. The van der Waals surface area contributed by atoms with Gasteiger partial charge in [-0.05, 0) is 43.7 Å². The number of aryl methyl sites for hydroxylation is 1. The summed E-state index contributed by atoms with van der Waals surface area (Å²) < 4.78 is 33.2. The van der Waals surface area contributed by atoms with E-state index in [0.717, 1.165) is 13.0 Å². The highest BCUT2D eigenvalue weighted by Crippen LogP contribution is 2.29. The molecule has 2 nitrogen and oxygen atoms in total. The zero-order valence-corrected chi connectivity index (χ0v) is 11.1. The third-order valence-corrected chi connectivity index (χ3v) is 2.92. The van der Waals surface area contributed by atoms with Crippen LogP contribution < -0.4 is 5.32 Å². The lowest BCUT2D eigenvalue weighted by atomic mass is 10.1. The Kier molecular flexibility index (Phi) is 4.32. The lowest BCUT2D eigenvalue weighted by molar-refractivity contribution is 0.485. The Morgan fingerprint density at radius 3 is 2.68 bits per heavy atom. The van der Waals surface area contributed by atoms with E-state index in [1.54, 1.807) is 19.1 Å². The summed E-state index contributed by atoms with van der Waals surface area (Å²) in [5, 5.41) is 3.18. The summed E-state index contributed by atoms with van der Waals surface area (Å²) in [7, 11) is 0. The molecule has 0 bridgehead atoms. The Balaban J connectivity index is 2.25. The first-order chi connectivity index (χ1) is 9.13. The predicted octanol–water partition coefficient (Wildman–Crippen LogP) is 4.03. The molecule has 0 aliphatic heterocycles. The molecule has 0 fully saturated rings. The molecule has 2 rings (SSSR count). The Hall–Kier alpha value is -1.68. The van der Waals surface area contributed by atoms with Crippen molar-refractivity contribution in [3.63, 3.8) is 0 Å². The van der Waals surface area contributed by atoms with Gasteiger partial charge < -0.3 is 9.73 Å². The third kappa shape index (κ3) is 3.01. The van der Waals surface area contributed by atoms with Crippen molar-refractivity contribution in [2.45, 2.75) is 26.8 Å². The number of hydrogen-bond donors (Lipinski definition) is 1. The Labute approximate surface area is 111 Å². The van der Waals surface area contributed by atoms with Crippen LogP contribution in [0.1, 0.15) is 24.7 Å². The Bertz CT molecular complexity index is 563. The Morgan fingerprint density at radius 1 is 1.16 bits per heavy atom. The quantitative estimate of drug-likeness (QED) is 0.826. The normalized spacial score (nSPS) is 10.9. The van der Waals surface area contributed by atoms with Crippen molar-refractivity contribution in [2.75, 3.05) is 6.54 Å². The van der Waals surface area contributed by atoms with Crippen LogP contribution in [-0.4, -0.2) is 6.54 Å². The maximum Gasteiger partial charge on any atom is 0.140 e. The molecule has 0 saturated carbocycles. The summed E-state index contributed by atoms with van der Waals surface area (Å²) in [6.45, 7) is 5.11. The maximum atomic E-state index is 13.9. The van der Waals surface area contributed by atoms with E-state index in [4.69, 9.17) is 4.42 Å². The van der Waals surface area contributed by atoms with Crippen molar-refractivity contribution in [1.29, 1.82) is 0 Å². The second-order valence-electron chi connectivity index (χ2n) is 4.50. The second kappa shape index (κ2) is 5.97. The van der Waals surface area contributed by atoms with Crippen LogP contribution in [0.4, 0.5) is 8.78 Å². The summed E-state index contributed by atoms with van der Waals surface area (Å²) in [6, 6.07) is 6.01. The highest BCUT2D eigenvalue weighted by Gasteiger charge is 2.16. The molecule has 0 spiro atoms. The van der Waals surface area contributed by atoms with Gasteiger partial charge in [0, 0.05) is 0 Å². The predicted molar refractivity (Wildman–Crippen MR) is 70.8 cm³/mol. The smallest absolute Gasteiger partial charge is 0.140 e. The van der Waals surface area contributed by atoms with Crippen LogP contribution in [0.5, 0.6) is 0 Å². The molecule has 1 heterocycles. The number of furan rings is 1. The molecule has 1 N–H and O–H groups in total. The van der Waals surface area contributed by atoms with Gasteiger partial charge in [0.25, 0.3) is 0 Å². The first-order valence-electron chi connectivity index (χ1n) is 6.38. The van der Waals surface area contributed by atoms with Crippen LogP contribution in [0, 0.1) is 18.6 Å². The summed E-state index contributed by atoms with van der Waals surface area (Å²) in [6.07, 6.45) is 1.02. The fourth-order valence-electron chi connectivity index (χ4n) is 1.88. The standard InChI is InChI=1S/C15H17F2NO/c1-3-8-18-9-11-5-7-13(19-11)14-12(16)6-4-10(2)15(14)17/h4-7,18H,3,8-9H2,1-2H3. The number of benzene rings is 1. The molecular formula is C15H17F2NO. The molecule has 0 radical (unpaired) electrons. The van der Waals surface area contributed by atoms with Gasteiger partial charge >= 0.3 is 0 Å². The topological polar surface area (TPSA) is 25.2 Å². The van der Waals surface area contributed by atoms with Gasteiger partial charge in [0.1, 0.15) is 23.2 Å². The van der Waals surface area contributed by atoms with E-state index >= 15 is 0 Å². The van der Waals surface area contributed by atoms with Crippen molar-refractivity contribution in [1.82, 2.24) is 5.32 Å². The molecule has 1 aromatic heterocycles. The highest BCUT2D eigenvalue weighted by atomic mass is 19.1. The van der Waals surface area contributed by atoms with E-state index in [0.29, 0.717) is 17.9 Å². The zero-order chi connectivity index (χ0) is 13.8. The molecule has 0 unspecified atom stereocenters. The van der Waals surface area contributed by atoms with E-state index in [-0.39, 0.29) is 11.3 Å². The fourth-order valence-corrected chi connectivity index (χ4v) is 1.88. The van der Waals surface area contributed by atoms with E-state index < -0.39 is 11.6 Å². The first-order valence-corrected chi connectivity index (χ1v) is 6.38. The van der Waals surface area contributed by atoms with Gasteiger partial charge in [0.2, 0.25) is 0 Å². The van der Waals surface area contributed by atoms with E-state index in [9.17, 15) is 8.78 Å². The number of rotatable bonds is 5. The summed E-state index contributed by atoms with van der Waals surface area (Å²) in [4.78, 5) is 0. The SMILES string of the molecule is CCCNCc1ccc(-c2c(F)ccc(C)c2F)o1. The molecule has 0 saturated heterocycles. The maximum absolute atomic E-state index is 13.9. The van der Waals surface area contributed by atoms with E-state index in [2.05, 4.69) is 12.2 Å². The Morgan fingerprint density at radius 2 is 1.95 bits per heavy atom. The molecule has 102 valence electrons. The minimum atomic E-state index is -0.606. The third-order valence-electron chi connectivity index (χ3n) is 2.92. The minimum absolute atomic E-state index is 0.0956. The second-order valence-corrected chi connectivity index (χ2v) is 4.50. The van der Waals surface area contributed by atoms with Crippen LogP contribution in [0.2, 0.25) is 0 Å². The van der Waals surface area contributed by atoms with Crippen LogP contribution in [0.3, 0.4) is 0 Å². The minimum Gasteiger partial charge on any atom is -0.460 e. The first kappa shape index (κ1) is 13.7. The molecule has 0 atom stereocenters. The van der Waals surface area contributed by atoms with E-state index in [1.165, 1.54) is 12.1 Å². The molecule has 0 aliphatic carbocycles. The molecule has 4 heteroatoms. The lowest BCUT2D eigenvalue weighted by Gasteiger charge is -2.04. The molecule has 2 aromatic rings. The van der Waals surface area contributed by atoms with Gasteiger partial charge in [0.05, 0.1) is 12.1 Å². The van der Waals surface area contributed by atoms with Gasteiger partial charge in [-0.2, -0.15) is 0 Å². The molecular weight excluding hydrogens is 248 g/mol. The van der Waals surface area contributed by atoms with Crippen LogP contribution >= 0.6 is 0 Å². The van der Waals surface area contributed by atoms with Gasteiger partial charge in [-0.1, -0.05) is 13.0 Å². The largest absolute Gasteiger partial charge is 0.460 e. The number of halogens is 2. The molecule has 0 amide bonds. The summed E-state index contributed by atoms with van der Waals surface area (Å²) >= 11 is 0. The van der Waals surface area contributed by atoms with Crippen molar-refractivity contribution in [3.8, 4) is 11.3 Å². The van der Waals surface area contributed by atoms with Crippen molar-refractivity contribution >= 4 is 0 Å². The molecule has 1 aromatic carbocycles. The van der Waals surface area contributed by atoms with Crippen LogP contribution in [-0.2, 0) is 6.54 Å². The van der Waals surface area contributed by atoms with Gasteiger partial charge in [-0.15, -0.1) is 0 Å². The van der Waals surface area contributed by atoms with Crippen LogP contribution in [0.25, 0.3) is 11.3 Å². The average Bonchev–Trinajstić information content (AvgIpc) is 2.83. The van der Waals surface area contributed by atoms with Crippen molar-refractivity contribution in [2.24, 2.45) is 0 Å². The van der Waals surface area contributed by atoms with Gasteiger partial charge in [-0.25, -0.2) is 8.78 Å².